The van der Waals surface area contributed by atoms with E-state index in [0.717, 1.165) is 18.9 Å². The lowest BCUT2D eigenvalue weighted by atomic mass is 9.86. The first-order chi connectivity index (χ1) is 8.45. The van der Waals surface area contributed by atoms with Gasteiger partial charge in [-0.2, -0.15) is 0 Å². The molecule has 1 aromatic rings. The molecular formula is C14H25N3. The molecule has 3 nitrogen and oxygen atoms in total. The normalized spacial score (nSPS) is 17.4. The van der Waals surface area contributed by atoms with Gasteiger partial charge in [0, 0.05) is 24.9 Å². The van der Waals surface area contributed by atoms with E-state index in [1.54, 1.807) is 6.33 Å². The molecule has 0 amide bonds. The minimum atomic E-state index is 1.03. The Labute approximate surface area is 104 Å². The number of imidazole rings is 1. The van der Waals surface area contributed by atoms with E-state index in [1.807, 2.05) is 6.20 Å². The Morgan fingerprint density at radius 2 is 2.12 bits per heavy atom. The molecule has 0 spiro atoms. The quantitative estimate of drug-likeness (QED) is 0.713. The number of hydrogen-bond donors (Lipinski definition) is 2. The molecule has 0 saturated heterocycles. The van der Waals surface area contributed by atoms with Gasteiger partial charge in [0.1, 0.15) is 0 Å². The Bertz CT molecular complexity index is 276. The summed E-state index contributed by atoms with van der Waals surface area (Å²) in [6, 6.07) is 0. The van der Waals surface area contributed by atoms with Crippen molar-refractivity contribution in [2.75, 3.05) is 13.1 Å². The number of hydrogen-bond acceptors (Lipinski definition) is 2. The van der Waals surface area contributed by atoms with E-state index < -0.39 is 0 Å². The zero-order valence-electron chi connectivity index (χ0n) is 10.8. The van der Waals surface area contributed by atoms with Crippen molar-refractivity contribution in [1.29, 1.82) is 0 Å². The largest absolute Gasteiger partial charge is 0.348 e. The fourth-order valence-corrected chi connectivity index (χ4v) is 2.76. The van der Waals surface area contributed by atoms with Gasteiger partial charge in [0.2, 0.25) is 0 Å². The molecule has 2 N–H and O–H groups in total. The first kappa shape index (κ1) is 12.6. The molecule has 0 radical (unpaired) electrons. The first-order valence-corrected chi connectivity index (χ1v) is 7.13. The van der Waals surface area contributed by atoms with E-state index >= 15 is 0 Å². The molecule has 1 aliphatic carbocycles. The summed E-state index contributed by atoms with van der Waals surface area (Å²) in [4.78, 5) is 7.14. The van der Waals surface area contributed by atoms with Gasteiger partial charge >= 0.3 is 0 Å². The maximum atomic E-state index is 4.02. The van der Waals surface area contributed by atoms with Crippen molar-refractivity contribution in [2.45, 2.75) is 51.4 Å². The number of aromatic amines is 1. The van der Waals surface area contributed by atoms with Crippen LogP contribution in [0.5, 0.6) is 0 Å². The molecule has 1 fully saturated rings. The van der Waals surface area contributed by atoms with Crippen molar-refractivity contribution in [1.82, 2.24) is 15.3 Å². The zero-order valence-corrected chi connectivity index (χ0v) is 10.8. The maximum absolute atomic E-state index is 4.02. The predicted octanol–water partition coefficient (Wildman–Crippen LogP) is 2.90. The second-order valence-corrected chi connectivity index (χ2v) is 5.22. The fourth-order valence-electron chi connectivity index (χ4n) is 2.76. The Morgan fingerprint density at radius 3 is 2.88 bits per heavy atom. The van der Waals surface area contributed by atoms with E-state index in [2.05, 4.69) is 15.3 Å². The van der Waals surface area contributed by atoms with Crippen LogP contribution in [0.2, 0.25) is 0 Å². The van der Waals surface area contributed by atoms with Gasteiger partial charge in [0.15, 0.2) is 0 Å². The summed E-state index contributed by atoms with van der Waals surface area (Å²) >= 11 is 0. The van der Waals surface area contributed by atoms with Gasteiger partial charge in [-0.15, -0.1) is 0 Å². The third kappa shape index (κ3) is 4.90. The smallest absolute Gasteiger partial charge is 0.0921 e. The highest BCUT2D eigenvalue weighted by Gasteiger charge is 2.12. The molecular weight excluding hydrogens is 210 g/mol. The Balaban J connectivity index is 1.43. The molecule has 0 bridgehead atoms. The molecule has 1 heterocycles. The molecule has 3 heteroatoms. The highest BCUT2D eigenvalue weighted by Crippen LogP contribution is 2.26. The molecule has 1 aliphatic rings. The molecule has 0 aliphatic heterocycles. The Kier molecular flexibility index (Phi) is 5.56. The summed E-state index contributed by atoms with van der Waals surface area (Å²) in [6.45, 7) is 2.23. The van der Waals surface area contributed by atoms with Crippen molar-refractivity contribution >= 4 is 0 Å². The van der Waals surface area contributed by atoms with Gasteiger partial charge in [-0.25, -0.2) is 4.98 Å². The number of rotatable bonds is 7. The fraction of sp³-hybridized carbons (Fsp3) is 0.786. The van der Waals surface area contributed by atoms with Crippen molar-refractivity contribution in [3.8, 4) is 0 Å². The average Bonchev–Trinajstić information content (AvgIpc) is 2.88. The van der Waals surface area contributed by atoms with Crippen LogP contribution >= 0.6 is 0 Å². The summed E-state index contributed by atoms with van der Waals surface area (Å²) in [7, 11) is 0. The molecule has 0 atom stereocenters. The van der Waals surface area contributed by atoms with Crippen LogP contribution in [0.1, 0.15) is 50.6 Å². The monoisotopic (exact) mass is 235 g/mol. The van der Waals surface area contributed by atoms with Gasteiger partial charge in [-0.1, -0.05) is 32.1 Å². The Morgan fingerprint density at radius 1 is 1.24 bits per heavy atom. The van der Waals surface area contributed by atoms with Crippen LogP contribution < -0.4 is 5.32 Å². The lowest BCUT2D eigenvalue weighted by Gasteiger charge is -2.21. The molecule has 0 aromatic carbocycles. The van der Waals surface area contributed by atoms with Crippen LogP contribution in [0.3, 0.4) is 0 Å². The third-order valence-corrected chi connectivity index (χ3v) is 3.82. The van der Waals surface area contributed by atoms with E-state index in [4.69, 9.17) is 0 Å². The van der Waals surface area contributed by atoms with Crippen LogP contribution in [-0.4, -0.2) is 23.1 Å². The van der Waals surface area contributed by atoms with Gasteiger partial charge in [0.05, 0.1) is 6.33 Å². The van der Waals surface area contributed by atoms with E-state index in [-0.39, 0.29) is 0 Å². The van der Waals surface area contributed by atoms with Crippen LogP contribution in [0.4, 0.5) is 0 Å². The van der Waals surface area contributed by atoms with E-state index in [1.165, 1.54) is 57.2 Å². The number of H-pyrrole nitrogens is 1. The third-order valence-electron chi connectivity index (χ3n) is 3.82. The summed E-state index contributed by atoms with van der Waals surface area (Å²) < 4.78 is 0. The predicted molar refractivity (Wildman–Crippen MR) is 71.0 cm³/mol. The minimum absolute atomic E-state index is 1.03. The van der Waals surface area contributed by atoms with Crippen molar-refractivity contribution in [2.24, 2.45) is 5.92 Å². The molecule has 1 aromatic heterocycles. The first-order valence-electron chi connectivity index (χ1n) is 7.13. The van der Waals surface area contributed by atoms with Crippen LogP contribution in [0, 0.1) is 5.92 Å². The average molecular weight is 235 g/mol. The number of nitrogens with one attached hydrogen (secondary N) is 2. The van der Waals surface area contributed by atoms with Crippen LogP contribution in [0.15, 0.2) is 12.5 Å². The van der Waals surface area contributed by atoms with Crippen LogP contribution in [-0.2, 0) is 6.42 Å². The second-order valence-electron chi connectivity index (χ2n) is 5.22. The summed E-state index contributed by atoms with van der Waals surface area (Å²) in [5.74, 6) is 1.03. The van der Waals surface area contributed by atoms with E-state index in [9.17, 15) is 0 Å². The van der Waals surface area contributed by atoms with Gasteiger partial charge < -0.3 is 10.3 Å². The second kappa shape index (κ2) is 7.49. The van der Waals surface area contributed by atoms with Gasteiger partial charge in [-0.3, -0.25) is 0 Å². The lowest BCUT2D eigenvalue weighted by molar-refractivity contribution is 0.330. The number of nitrogens with zero attached hydrogens (tertiary/aromatic N) is 1. The van der Waals surface area contributed by atoms with Crippen molar-refractivity contribution in [3.63, 3.8) is 0 Å². The zero-order chi connectivity index (χ0) is 11.8. The SMILES string of the molecule is c1ncc(CCNCCCC2CCCCC2)[nH]1. The summed E-state index contributed by atoms with van der Waals surface area (Å²) in [5, 5.41) is 3.52. The Hall–Kier alpha value is -0.830. The molecule has 96 valence electrons. The standard InChI is InChI=1S/C14H25N3/c1-2-5-13(6-3-1)7-4-9-15-10-8-14-11-16-12-17-14/h11-13,15H,1-10H2,(H,16,17). The topological polar surface area (TPSA) is 40.7 Å². The minimum Gasteiger partial charge on any atom is -0.348 e. The molecule has 2 rings (SSSR count). The molecule has 0 unspecified atom stereocenters. The van der Waals surface area contributed by atoms with Crippen LogP contribution in [0.25, 0.3) is 0 Å². The van der Waals surface area contributed by atoms with Gasteiger partial charge in [0.25, 0.3) is 0 Å². The summed E-state index contributed by atoms with van der Waals surface area (Å²) in [5.41, 5.74) is 1.23. The van der Waals surface area contributed by atoms with Gasteiger partial charge in [-0.05, 0) is 25.3 Å². The van der Waals surface area contributed by atoms with Crippen molar-refractivity contribution in [3.05, 3.63) is 18.2 Å². The summed E-state index contributed by atoms with van der Waals surface area (Å²) in [6.07, 6.45) is 14.9. The van der Waals surface area contributed by atoms with E-state index in [0.29, 0.717) is 0 Å². The molecule has 1 saturated carbocycles. The number of aromatic nitrogens is 2. The lowest BCUT2D eigenvalue weighted by Crippen LogP contribution is -2.19. The highest BCUT2D eigenvalue weighted by molar-refractivity contribution is 4.94. The highest BCUT2D eigenvalue weighted by atomic mass is 14.9. The molecule has 17 heavy (non-hydrogen) atoms. The maximum Gasteiger partial charge on any atom is 0.0921 e. The van der Waals surface area contributed by atoms with Crippen molar-refractivity contribution < 1.29 is 0 Å².